The Bertz CT molecular complexity index is 429. The zero-order valence-electron chi connectivity index (χ0n) is 9.82. The molecular formula is C12H15NO4. The third kappa shape index (κ3) is 4.55. The second-order valence-electron chi connectivity index (χ2n) is 3.73. The van der Waals surface area contributed by atoms with Crippen molar-refractivity contribution in [2.45, 2.75) is 13.8 Å². The first-order chi connectivity index (χ1) is 7.99. The molecule has 0 saturated heterocycles. The number of hydrogen-bond donors (Lipinski definition) is 2. The molecule has 0 unspecified atom stereocenters. The van der Waals surface area contributed by atoms with Crippen LogP contribution in [-0.2, 0) is 9.59 Å². The second-order valence-corrected chi connectivity index (χ2v) is 3.73. The van der Waals surface area contributed by atoms with E-state index in [1.165, 1.54) is 0 Å². The summed E-state index contributed by atoms with van der Waals surface area (Å²) in [5.41, 5.74) is 1.97. The van der Waals surface area contributed by atoms with Crippen molar-refractivity contribution >= 4 is 11.9 Å². The molecule has 0 spiro atoms. The molecule has 1 amide bonds. The van der Waals surface area contributed by atoms with Crippen LogP contribution in [0.1, 0.15) is 11.1 Å². The first-order valence-electron chi connectivity index (χ1n) is 5.17. The zero-order chi connectivity index (χ0) is 12.8. The van der Waals surface area contributed by atoms with Crippen LogP contribution < -0.4 is 10.1 Å². The van der Waals surface area contributed by atoms with E-state index in [1.54, 1.807) is 0 Å². The molecule has 0 fully saturated rings. The lowest BCUT2D eigenvalue weighted by atomic mass is 10.1. The number of rotatable bonds is 5. The van der Waals surface area contributed by atoms with Crippen LogP contribution in [0.5, 0.6) is 5.75 Å². The molecule has 0 heterocycles. The molecule has 5 nitrogen and oxygen atoms in total. The number of benzene rings is 1. The number of carboxylic acids is 1. The minimum atomic E-state index is -1.08. The van der Waals surface area contributed by atoms with Crippen molar-refractivity contribution in [3.63, 3.8) is 0 Å². The molecule has 1 rings (SSSR count). The number of hydrogen-bond acceptors (Lipinski definition) is 3. The molecular weight excluding hydrogens is 222 g/mol. The molecule has 17 heavy (non-hydrogen) atoms. The highest BCUT2D eigenvalue weighted by Gasteiger charge is 2.06. The fourth-order valence-electron chi connectivity index (χ4n) is 1.23. The molecule has 5 heteroatoms. The number of carboxylic acid groups (broad SMARTS) is 1. The third-order valence-electron chi connectivity index (χ3n) is 2.14. The normalized spacial score (nSPS) is 9.76. The number of aryl methyl sites for hydroxylation is 2. The van der Waals surface area contributed by atoms with E-state index in [4.69, 9.17) is 9.84 Å². The Labute approximate surface area is 99.4 Å². The smallest absolute Gasteiger partial charge is 0.322 e. The van der Waals surface area contributed by atoms with Gasteiger partial charge in [-0.2, -0.15) is 0 Å². The van der Waals surface area contributed by atoms with E-state index in [1.807, 2.05) is 32.0 Å². The van der Waals surface area contributed by atoms with E-state index in [9.17, 15) is 9.59 Å². The van der Waals surface area contributed by atoms with Gasteiger partial charge in [0.05, 0.1) is 0 Å². The Morgan fingerprint density at radius 1 is 1.35 bits per heavy atom. The summed E-state index contributed by atoms with van der Waals surface area (Å²) >= 11 is 0. The number of amides is 1. The van der Waals surface area contributed by atoms with Crippen LogP contribution in [0.4, 0.5) is 0 Å². The quantitative estimate of drug-likeness (QED) is 0.797. The van der Waals surface area contributed by atoms with Crippen molar-refractivity contribution in [1.29, 1.82) is 0 Å². The summed E-state index contributed by atoms with van der Waals surface area (Å²) in [7, 11) is 0. The van der Waals surface area contributed by atoms with Crippen LogP contribution >= 0.6 is 0 Å². The summed E-state index contributed by atoms with van der Waals surface area (Å²) in [5.74, 6) is -0.895. The lowest BCUT2D eigenvalue weighted by Crippen LogP contribution is -2.33. The largest absolute Gasteiger partial charge is 0.483 e. The Morgan fingerprint density at radius 2 is 2.06 bits per heavy atom. The van der Waals surface area contributed by atoms with Crippen molar-refractivity contribution in [3.05, 3.63) is 29.3 Å². The van der Waals surface area contributed by atoms with E-state index >= 15 is 0 Å². The van der Waals surface area contributed by atoms with Crippen molar-refractivity contribution < 1.29 is 19.4 Å². The van der Waals surface area contributed by atoms with E-state index in [0.717, 1.165) is 11.1 Å². The maximum atomic E-state index is 11.2. The molecule has 0 aliphatic heterocycles. The summed E-state index contributed by atoms with van der Waals surface area (Å²) < 4.78 is 5.31. The maximum absolute atomic E-state index is 11.2. The fraction of sp³-hybridized carbons (Fsp3) is 0.333. The molecule has 1 aromatic rings. The highest BCUT2D eigenvalue weighted by atomic mass is 16.5. The molecule has 0 radical (unpaired) electrons. The average Bonchev–Trinajstić information content (AvgIpc) is 2.27. The van der Waals surface area contributed by atoms with E-state index in [0.29, 0.717) is 5.75 Å². The van der Waals surface area contributed by atoms with Crippen LogP contribution in [-0.4, -0.2) is 30.1 Å². The number of nitrogens with one attached hydrogen (secondary N) is 1. The summed E-state index contributed by atoms with van der Waals surface area (Å²) in [4.78, 5) is 21.4. The summed E-state index contributed by atoms with van der Waals surface area (Å²) in [6, 6.07) is 5.69. The van der Waals surface area contributed by atoms with Gasteiger partial charge in [-0.3, -0.25) is 9.59 Å². The van der Waals surface area contributed by atoms with Gasteiger partial charge in [0.1, 0.15) is 12.3 Å². The van der Waals surface area contributed by atoms with Crippen molar-refractivity contribution in [1.82, 2.24) is 5.32 Å². The molecule has 2 N–H and O–H groups in total. The first kappa shape index (κ1) is 13.0. The topological polar surface area (TPSA) is 75.6 Å². The monoisotopic (exact) mass is 237 g/mol. The van der Waals surface area contributed by atoms with Gasteiger partial charge in [-0.1, -0.05) is 12.1 Å². The second kappa shape index (κ2) is 5.89. The lowest BCUT2D eigenvalue weighted by molar-refractivity contribution is -0.138. The van der Waals surface area contributed by atoms with Gasteiger partial charge in [-0.25, -0.2) is 0 Å². The minimum Gasteiger partial charge on any atom is -0.483 e. The Morgan fingerprint density at radius 3 is 2.71 bits per heavy atom. The molecule has 0 aromatic heterocycles. The zero-order valence-corrected chi connectivity index (χ0v) is 9.82. The Balaban J connectivity index is 2.47. The highest BCUT2D eigenvalue weighted by molar-refractivity contribution is 5.82. The van der Waals surface area contributed by atoms with Crippen LogP contribution in [0.15, 0.2) is 18.2 Å². The van der Waals surface area contributed by atoms with Crippen LogP contribution in [0.3, 0.4) is 0 Å². The van der Waals surface area contributed by atoms with Gasteiger partial charge in [0.2, 0.25) is 0 Å². The van der Waals surface area contributed by atoms with Gasteiger partial charge in [0, 0.05) is 0 Å². The van der Waals surface area contributed by atoms with Crippen molar-refractivity contribution in [3.8, 4) is 5.75 Å². The minimum absolute atomic E-state index is 0.183. The van der Waals surface area contributed by atoms with Crippen LogP contribution in [0.25, 0.3) is 0 Å². The Kier molecular flexibility index (Phi) is 4.51. The number of carbonyl (C=O) groups is 2. The van der Waals surface area contributed by atoms with E-state index in [2.05, 4.69) is 5.32 Å². The number of carbonyl (C=O) groups excluding carboxylic acids is 1. The molecule has 1 aromatic carbocycles. The average molecular weight is 237 g/mol. The number of ether oxygens (including phenoxy) is 1. The predicted molar refractivity (Wildman–Crippen MR) is 62.1 cm³/mol. The predicted octanol–water partition coefficient (Wildman–Crippen LogP) is 0.883. The van der Waals surface area contributed by atoms with E-state index in [-0.39, 0.29) is 6.61 Å². The molecule has 0 aliphatic carbocycles. The Hall–Kier alpha value is -2.04. The molecule has 0 bridgehead atoms. The van der Waals surface area contributed by atoms with Gasteiger partial charge in [-0.15, -0.1) is 0 Å². The fourth-order valence-corrected chi connectivity index (χ4v) is 1.23. The highest BCUT2D eigenvalue weighted by Crippen LogP contribution is 2.18. The van der Waals surface area contributed by atoms with Gasteiger partial charge >= 0.3 is 5.97 Å². The van der Waals surface area contributed by atoms with Gasteiger partial charge < -0.3 is 15.2 Å². The molecule has 0 saturated carbocycles. The standard InChI is InChI=1S/C12H15NO4/c1-8-3-4-9(2)10(5-8)17-7-11(14)13-6-12(15)16/h3-5H,6-7H2,1-2H3,(H,13,14)(H,15,16). The third-order valence-corrected chi connectivity index (χ3v) is 2.14. The SMILES string of the molecule is Cc1ccc(C)c(OCC(=O)NCC(=O)O)c1. The van der Waals surface area contributed by atoms with E-state index < -0.39 is 18.4 Å². The molecule has 0 aliphatic rings. The first-order valence-corrected chi connectivity index (χ1v) is 5.17. The van der Waals surface area contributed by atoms with Crippen molar-refractivity contribution in [2.75, 3.05) is 13.2 Å². The summed E-state index contributed by atoms with van der Waals surface area (Å²) in [6.45, 7) is 3.23. The number of aliphatic carboxylic acids is 1. The van der Waals surface area contributed by atoms with Crippen LogP contribution in [0.2, 0.25) is 0 Å². The van der Waals surface area contributed by atoms with Crippen molar-refractivity contribution in [2.24, 2.45) is 0 Å². The van der Waals surface area contributed by atoms with Gasteiger partial charge in [-0.05, 0) is 31.0 Å². The van der Waals surface area contributed by atoms with Crippen LogP contribution in [0, 0.1) is 13.8 Å². The summed E-state index contributed by atoms with van der Waals surface area (Å²) in [6.07, 6.45) is 0. The lowest BCUT2D eigenvalue weighted by Gasteiger charge is -2.09. The molecule has 0 atom stereocenters. The summed E-state index contributed by atoms with van der Waals surface area (Å²) in [5, 5.41) is 10.6. The van der Waals surface area contributed by atoms with Gasteiger partial charge in [0.25, 0.3) is 5.91 Å². The molecule has 92 valence electrons. The maximum Gasteiger partial charge on any atom is 0.322 e. The van der Waals surface area contributed by atoms with Gasteiger partial charge in [0.15, 0.2) is 6.61 Å².